The van der Waals surface area contributed by atoms with Gasteiger partial charge in [-0.3, -0.25) is 0 Å². The van der Waals surface area contributed by atoms with E-state index in [0.717, 1.165) is 29.9 Å². The highest BCUT2D eigenvalue weighted by atomic mass is 19.1. The molecule has 0 saturated heterocycles. The van der Waals surface area contributed by atoms with Crippen molar-refractivity contribution >= 4 is 11.8 Å². The Morgan fingerprint density at radius 1 is 1.29 bits per heavy atom. The Hall–Kier alpha value is -2.89. The quantitative estimate of drug-likeness (QED) is 0.679. The van der Waals surface area contributed by atoms with Crippen LogP contribution in [0.5, 0.6) is 0 Å². The highest BCUT2D eigenvalue weighted by Gasteiger charge is 2.23. The van der Waals surface area contributed by atoms with Crippen LogP contribution < -0.4 is 10.6 Å². The Bertz CT molecular complexity index is 850. The van der Waals surface area contributed by atoms with Gasteiger partial charge in [0, 0.05) is 23.8 Å². The monoisotopic (exact) mass is 381 g/mol. The lowest BCUT2D eigenvalue weighted by Crippen LogP contribution is -2.20. The van der Waals surface area contributed by atoms with Crippen molar-refractivity contribution in [2.24, 2.45) is 5.41 Å². The number of rotatable bonds is 9. The number of nitrogens with one attached hydrogen (secondary N) is 2. The molecule has 0 spiro atoms. The summed E-state index contributed by atoms with van der Waals surface area (Å²) in [6.45, 7) is 2.61. The van der Waals surface area contributed by atoms with E-state index in [-0.39, 0.29) is 12.0 Å². The van der Waals surface area contributed by atoms with Crippen LogP contribution in [0.1, 0.15) is 31.0 Å². The molecule has 0 aliphatic heterocycles. The minimum absolute atomic E-state index is 0.0388. The number of hydrogen-bond donors (Lipinski definition) is 2. The first-order chi connectivity index (χ1) is 13.7. The van der Waals surface area contributed by atoms with Gasteiger partial charge in [-0.25, -0.2) is 9.07 Å². The van der Waals surface area contributed by atoms with Crippen LogP contribution in [0.4, 0.5) is 10.1 Å². The zero-order valence-corrected chi connectivity index (χ0v) is 16.5. The molecule has 1 aromatic carbocycles. The van der Waals surface area contributed by atoms with E-state index in [4.69, 9.17) is 0 Å². The SMILES string of the molecule is CCC1(C=Cc2ccc(NC)cc2)C=CC(NCc2cn(CCF)nn2)=CC1. The molecule has 148 valence electrons. The van der Waals surface area contributed by atoms with Crippen molar-refractivity contribution in [2.45, 2.75) is 32.9 Å². The van der Waals surface area contributed by atoms with Gasteiger partial charge in [-0.15, -0.1) is 5.10 Å². The third kappa shape index (κ3) is 5.09. The Kier molecular flexibility index (Phi) is 6.63. The summed E-state index contributed by atoms with van der Waals surface area (Å²) in [5.74, 6) is 0. The Morgan fingerprint density at radius 3 is 2.75 bits per heavy atom. The number of hydrogen-bond acceptors (Lipinski definition) is 4. The number of aromatic nitrogens is 3. The van der Waals surface area contributed by atoms with Crippen molar-refractivity contribution < 1.29 is 4.39 Å². The normalized spacial score (nSPS) is 19.0. The molecule has 1 atom stereocenters. The summed E-state index contributed by atoms with van der Waals surface area (Å²) >= 11 is 0. The molecule has 2 aromatic rings. The summed E-state index contributed by atoms with van der Waals surface area (Å²) in [6.07, 6.45) is 14.9. The predicted molar refractivity (Wildman–Crippen MR) is 112 cm³/mol. The first-order valence-corrected chi connectivity index (χ1v) is 9.71. The minimum atomic E-state index is -0.434. The molecule has 1 aliphatic rings. The molecule has 0 fully saturated rings. The van der Waals surface area contributed by atoms with E-state index in [2.05, 4.69) is 82.5 Å². The van der Waals surface area contributed by atoms with Gasteiger partial charge >= 0.3 is 0 Å². The second-order valence-electron chi connectivity index (χ2n) is 7.00. The van der Waals surface area contributed by atoms with Crippen LogP contribution in [0, 0.1) is 5.41 Å². The Labute approximate surface area is 166 Å². The van der Waals surface area contributed by atoms with Gasteiger partial charge in [0.1, 0.15) is 12.4 Å². The molecule has 1 heterocycles. The maximum Gasteiger partial charge on any atom is 0.109 e. The molecule has 0 radical (unpaired) electrons. The molecular formula is C22H28FN5. The number of nitrogens with zero attached hydrogens (tertiary/aromatic N) is 3. The molecule has 3 rings (SSSR count). The van der Waals surface area contributed by atoms with Crippen LogP contribution in [-0.2, 0) is 13.1 Å². The zero-order chi connectivity index (χ0) is 19.8. The fourth-order valence-corrected chi connectivity index (χ4v) is 3.16. The molecule has 6 heteroatoms. The Morgan fingerprint density at radius 2 is 2.11 bits per heavy atom. The lowest BCUT2D eigenvalue weighted by Gasteiger charge is -2.28. The number of alkyl halides is 1. The lowest BCUT2D eigenvalue weighted by molar-refractivity contribution is 0.422. The molecule has 5 nitrogen and oxygen atoms in total. The van der Waals surface area contributed by atoms with Gasteiger partial charge in [-0.2, -0.15) is 0 Å². The van der Waals surface area contributed by atoms with Gasteiger partial charge in [0.25, 0.3) is 0 Å². The molecule has 2 N–H and O–H groups in total. The molecular weight excluding hydrogens is 353 g/mol. The summed E-state index contributed by atoms with van der Waals surface area (Å²) in [4.78, 5) is 0. The summed E-state index contributed by atoms with van der Waals surface area (Å²) < 4.78 is 13.9. The van der Waals surface area contributed by atoms with Gasteiger partial charge in [-0.1, -0.05) is 48.6 Å². The highest BCUT2D eigenvalue weighted by Crippen LogP contribution is 2.35. The minimum Gasteiger partial charge on any atom is -0.388 e. The number of halogens is 1. The summed E-state index contributed by atoms with van der Waals surface area (Å²) in [7, 11) is 1.92. The van der Waals surface area contributed by atoms with Crippen LogP contribution in [-0.4, -0.2) is 28.7 Å². The largest absolute Gasteiger partial charge is 0.388 e. The molecule has 0 saturated carbocycles. The standard InChI is InChI=1S/C22H28FN5/c1-3-22(11-8-18-4-6-19(24-2)7-5-18)12-9-20(10-13-22)25-16-21-17-28(15-14-23)27-26-21/h4-12,17,24-25H,3,13-16H2,1-2H3. The highest BCUT2D eigenvalue weighted by molar-refractivity contribution is 5.56. The van der Waals surface area contributed by atoms with Gasteiger partial charge in [0.15, 0.2) is 0 Å². The van der Waals surface area contributed by atoms with Crippen molar-refractivity contribution in [1.82, 2.24) is 20.3 Å². The fourth-order valence-electron chi connectivity index (χ4n) is 3.16. The maximum absolute atomic E-state index is 12.3. The number of allylic oxidation sites excluding steroid dienone is 4. The van der Waals surface area contributed by atoms with Crippen LogP contribution in [0.2, 0.25) is 0 Å². The third-order valence-corrected chi connectivity index (χ3v) is 5.14. The van der Waals surface area contributed by atoms with Crippen LogP contribution in [0.25, 0.3) is 6.08 Å². The van der Waals surface area contributed by atoms with Crippen molar-refractivity contribution in [3.8, 4) is 0 Å². The van der Waals surface area contributed by atoms with E-state index < -0.39 is 6.67 Å². The van der Waals surface area contributed by atoms with Gasteiger partial charge < -0.3 is 10.6 Å². The lowest BCUT2D eigenvalue weighted by atomic mass is 9.78. The van der Waals surface area contributed by atoms with Gasteiger partial charge in [0.2, 0.25) is 0 Å². The van der Waals surface area contributed by atoms with Crippen molar-refractivity contribution in [1.29, 1.82) is 0 Å². The summed E-state index contributed by atoms with van der Waals surface area (Å²) in [5, 5.41) is 14.5. The zero-order valence-electron chi connectivity index (χ0n) is 16.5. The molecule has 0 bridgehead atoms. The Balaban J connectivity index is 1.57. The number of anilines is 1. The van der Waals surface area contributed by atoms with E-state index in [1.54, 1.807) is 6.20 Å². The predicted octanol–water partition coefficient (Wildman–Crippen LogP) is 4.33. The van der Waals surface area contributed by atoms with Crippen molar-refractivity contribution in [2.75, 3.05) is 19.0 Å². The molecule has 1 aliphatic carbocycles. The average molecular weight is 381 g/mol. The van der Waals surface area contributed by atoms with Crippen molar-refractivity contribution in [3.05, 3.63) is 71.7 Å². The average Bonchev–Trinajstić information content (AvgIpc) is 3.20. The van der Waals surface area contributed by atoms with Gasteiger partial charge in [-0.05, 0) is 36.6 Å². The topological polar surface area (TPSA) is 54.8 Å². The second-order valence-corrected chi connectivity index (χ2v) is 7.00. The summed E-state index contributed by atoms with van der Waals surface area (Å²) in [5.41, 5.74) is 4.24. The van der Waals surface area contributed by atoms with Crippen LogP contribution >= 0.6 is 0 Å². The van der Waals surface area contributed by atoms with Crippen LogP contribution in [0.15, 0.2) is 60.5 Å². The molecule has 1 aromatic heterocycles. The van der Waals surface area contributed by atoms with E-state index in [9.17, 15) is 4.39 Å². The third-order valence-electron chi connectivity index (χ3n) is 5.14. The molecule has 0 amide bonds. The fraction of sp³-hybridized carbons (Fsp3) is 0.364. The van der Waals surface area contributed by atoms with Crippen molar-refractivity contribution in [3.63, 3.8) is 0 Å². The summed E-state index contributed by atoms with van der Waals surface area (Å²) in [6, 6.07) is 8.41. The smallest absolute Gasteiger partial charge is 0.109 e. The first-order valence-electron chi connectivity index (χ1n) is 9.71. The number of benzene rings is 1. The van der Waals surface area contributed by atoms with Crippen LogP contribution in [0.3, 0.4) is 0 Å². The van der Waals surface area contributed by atoms with E-state index in [0.29, 0.717) is 6.54 Å². The first kappa shape index (κ1) is 19.9. The van der Waals surface area contributed by atoms with E-state index >= 15 is 0 Å². The molecule has 1 unspecified atom stereocenters. The second kappa shape index (κ2) is 9.35. The van der Waals surface area contributed by atoms with Gasteiger partial charge in [0.05, 0.1) is 19.3 Å². The maximum atomic E-state index is 12.3. The molecule has 28 heavy (non-hydrogen) atoms. The van der Waals surface area contributed by atoms with E-state index in [1.807, 2.05) is 7.05 Å². The number of aryl methyl sites for hydroxylation is 1. The van der Waals surface area contributed by atoms with E-state index in [1.165, 1.54) is 10.2 Å².